The second-order valence-corrected chi connectivity index (χ2v) is 3.94. The van der Waals surface area contributed by atoms with E-state index in [0.29, 0.717) is 22.5 Å². The Labute approximate surface area is 95.3 Å². The molecule has 0 aromatic carbocycles. The van der Waals surface area contributed by atoms with E-state index in [-0.39, 0.29) is 0 Å². The van der Waals surface area contributed by atoms with Crippen molar-refractivity contribution in [3.8, 4) is 0 Å². The Morgan fingerprint density at radius 2 is 2.47 bits per heavy atom. The van der Waals surface area contributed by atoms with Crippen molar-refractivity contribution < 1.29 is 5.11 Å². The highest BCUT2D eigenvalue weighted by Gasteiger charge is 2.12. The first-order chi connectivity index (χ1) is 7.22. The molecule has 2 rings (SSSR count). The topological polar surface area (TPSA) is 62.5 Å². The van der Waals surface area contributed by atoms with Gasteiger partial charge in [-0.1, -0.05) is 0 Å². The Balaban J connectivity index is 2.43. The minimum Gasteiger partial charge on any atom is -0.385 e. The highest BCUT2D eigenvalue weighted by Crippen LogP contribution is 2.17. The number of halogens is 1. The third kappa shape index (κ3) is 2.01. The van der Waals surface area contributed by atoms with Gasteiger partial charge in [-0.05, 0) is 23.0 Å². The van der Waals surface area contributed by atoms with Gasteiger partial charge in [-0.25, -0.2) is 9.97 Å². The van der Waals surface area contributed by atoms with Gasteiger partial charge < -0.3 is 14.8 Å². The van der Waals surface area contributed by atoms with Crippen LogP contribution in [0.25, 0.3) is 5.65 Å². The quantitative estimate of drug-likeness (QED) is 0.864. The van der Waals surface area contributed by atoms with Crippen LogP contribution in [0.4, 0.5) is 0 Å². The van der Waals surface area contributed by atoms with E-state index >= 15 is 0 Å². The van der Waals surface area contributed by atoms with Gasteiger partial charge in [-0.2, -0.15) is 0 Å². The summed E-state index contributed by atoms with van der Waals surface area (Å²) in [7, 11) is 1.79. The molecule has 1 atom stereocenters. The van der Waals surface area contributed by atoms with Crippen LogP contribution in [0.1, 0.15) is 11.8 Å². The van der Waals surface area contributed by atoms with Crippen LogP contribution in [-0.4, -0.2) is 33.1 Å². The minimum absolute atomic E-state index is 0.481. The molecule has 0 aliphatic rings. The van der Waals surface area contributed by atoms with Crippen molar-refractivity contribution in [1.82, 2.24) is 19.7 Å². The number of hydrogen-bond donors (Lipinski definition) is 2. The van der Waals surface area contributed by atoms with Gasteiger partial charge in [-0.15, -0.1) is 0 Å². The van der Waals surface area contributed by atoms with Crippen molar-refractivity contribution >= 4 is 21.6 Å². The largest absolute Gasteiger partial charge is 0.385 e. The summed E-state index contributed by atoms with van der Waals surface area (Å²) in [6.07, 6.45) is 4.67. The highest BCUT2D eigenvalue weighted by molar-refractivity contribution is 9.10. The zero-order valence-electron chi connectivity index (χ0n) is 8.18. The standard InChI is InChI=1S/C9H11BrN4O/c1-11-4-7(15)6-5-14-3-2-12-8(10)9(14)13-6/h2-3,5,7,11,15H,4H2,1H3. The van der Waals surface area contributed by atoms with Crippen LogP contribution >= 0.6 is 15.9 Å². The number of likely N-dealkylation sites (N-methyl/N-ethyl adjacent to an activating group) is 1. The van der Waals surface area contributed by atoms with E-state index in [4.69, 9.17) is 0 Å². The van der Waals surface area contributed by atoms with E-state index in [9.17, 15) is 5.11 Å². The Hall–Kier alpha value is -0.980. The van der Waals surface area contributed by atoms with Crippen molar-refractivity contribution in [3.63, 3.8) is 0 Å². The van der Waals surface area contributed by atoms with Crippen LogP contribution in [0.3, 0.4) is 0 Å². The number of aliphatic hydroxyl groups excluding tert-OH is 1. The zero-order chi connectivity index (χ0) is 10.8. The molecule has 2 N–H and O–H groups in total. The molecular formula is C9H11BrN4O. The van der Waals surface area contributed by atoms with Crippen molar-refractivity contribution in [2.45, 2.75) is 6.10 Å². The van der Waals surface area contributed by atoms with Crippen molar-refractivity contribution in [2.75, 3.05) is 13.6 Å². The zero-order valence-corrected chi connectivity index (χ0v) is 9.77. The average Bonchev–Trinajstić information content (AvgIpc) is 2.63. The summed E-state index contributed by atoms with van der Waals surface area (Å²) in [5.41, 5.74) is 1.35. The summed E-state index contributed by atoms with van der Waals surface area (Å²) >= 11 is 3.31. The number of nitrogens with zero attached hydrogens (tertiary/aromatic N) is 3. The van der Waals surface area contributed by atoms with Gasteiger partial charge in [-0.3, -0.25) is 0 Å². The number of aromatic nitrogens is 3. The van der Waals surface area contributed by atoms with Crippen molar-refractivity contribution in [3.05, 3.63) is 28.9 Å². The van der Waals surface area contributed by atoms with Gasteiger partial charge in [0.1, 0.15) is 10.7 Å². The summed E-state index contributed by atoms with van der Waals surface area (Å²) in [6, 6.07) is 0. The maximum absolute atomic E-state index is 9.74. The van der Waals surface area contributed by atoms with Crippen LogP contribution in [0.2, 0.25) is 0 Å². The predicted molar refractivity (Wildman–Crippen MR) is 59.6 cm³/mol. The molecule has 2 aromatic rings. The molecule has 1 unspecified atom stereocenters. The highest BCUT2D eigenvalue weighted by atomic mass is 79.9. The summed E-state index contributed by atoms with van der Waals surface area (Å²) in [6.45, 7) is 0.481. The fourth-order valence-electron chi connectivity index (χ4n) is 1.37. The smallest absolute Gasteiger partial charge is 0.170 e. The Bertz CT molecular complexity index is 470. The maximum Gasteiger partial charge on any atom is 0.170 e. The number of aliphatic hydroxyl groups is 1. The molecule has 5 nitrogen and oxygen atoms in total. The lowest BCUT2D eigenvalue weighted by Crippen LogP contribution is -2.16. The lowest BCUT2D eigenvalue weighted by atomic mass is 10.3. The van der Waals surface area contributed by atoms with E-state index in [1.54, 1.807) is 25.6 Å². The van der Waals surface area contributed by atoms with Gasteiger partial charge in [0.05, 0.1) is 5.69 Å². The number of fused-ring (bicyclic) bond motifs is 1. The maximum atomic E-state index is 9.74. The molecule has 2 aromatic heterocycles. The first-order valence-electron chi connectivity index (χ1n) is 4.54. The molecule has 0 saturated carbocycles. The van der Waals surface area contributed by atoms with Crippen LogP contribution in [-0.2, 0) is 0 Å². The molecule has 80 valence electrons. The summed E-state index contributed by atoms with van der Waals surface area (Å²) in [5, 5.41) is 12.6. The van der Waals surface area contributed by atoms with Gasteiger partial charge in [0, 0.05) is 25.1 Å². The van der Waals surface area contributed by atoms with Gasteiger partial charge >= 0.3 is 0 Å². The predicted octanol–water partition coefficient (Wildman–Crippen LogP) is 0.745. The number of imidazole rings is 1. The van der Waals surface area contributed by atoms with E-state index in [1.165, 1.54) is 0 Å². The van der Waals surface area contributed by atoms with Crippen LogP contribution in [0.5, 0.6) is 0 Å². The fraction of sp³-hybridized carbons (Fsp3) is 0.333. The summed E-state index contributed by atoms with van der Waals surface area (Å²) in [4.78, 5) is 8.36. The van der Waals surface area contributed by atoms with Crippen LogP contribution in [0.15, 0.2) is 23.2 Å². The third-order valence-corrected chi connectivity index (χ3v) is 2.65. The molecule has 6 heteroatoms. The van der Waals surface area contributed by atoms with Crippen LogP contribution in [0, 0.1) is 0 Å². The van der Waals surface area contributed by atoms with Crippen molar-refractivity contribution in [2.24, 2.45) is 0 Å². The van der Waals surface area contributed by atoms with Gasteiger partial charge in [0.15, 0.2) is 5.65 Å². The average molecular weight is 271 g/mol. The normalized spacial score (nSPS) is 13.3. The number of rotatable bonds is 3. The monoisotopic (exact) mass is 270 g/mol. The summed E-state index contributed by atoms with van der Waals surface area (Å²) < 4.78 is 2.50. The van der Waals surface area contributed by atoms with E-state index in [1.807, 2.05) is 4.40 Å². The molecule has 0 aliphatic carbocycles. The molecular weight excluding hydrogens is 260 g/mol. The third-order valence-electron chi connectivity index (χ3n) is 2.09. The number of nitrogens with one attached hydrogen (secondary N) is 1. The second kappa shape index (κ2) is 4.26. The number of hydrogen-bond acceptors (Lipinski definition) is 4. The van der Waals surface area contributed by atoms with E-state index in [2.05, 4.69) is 31.2 Å². The minimum atomic E-state index is -0.596. The summed E-state index contributed by atoms with van der Waals surface area (Å²) in [5.74, 6) is 0. The first kappa shape index (κ1) is 10.5. The van der Waals surface area contributed by atoms with E-state index in [0.717, 1.165) is 0 Å². The van der Waals surface area contributed by atoms with Crippen LogP contribution < -0.4 is 5.32 Å². The fourth-order valence-corrected chi connectivity index (χ4v) is 1.78. The molecule has 2 heterocycles. The van der Waals surface area contributed by atoms with Crippen molar-refractivity contribution in [1.29, 1.82) is 0 Å². The SMILES string of the molecule is CNCC(O)c1cn2ccnc(Br)c2n1. The molecule has 0 spiro atoms. The Kier molecular flexibility index (Phi) is 2.99. The van der Waals surface area contributed by atoms with E-state index < -0.39 is 6.10 Å². The lowest BCUT2D eigenvalue weighted by Gasteiger charge is -2.04. The first-order valence-corrected chi connectivity index (χ1v) is 5.33. The molecule has 0 saturated heterocycles. The van der Waals surface area contributed by atoms with Gasteiger partial charge in [0.2, 0.25) is 0 Å². The molecule has 0 aliphatic heterocycles. The molecule has 15 heavy (non-hydrogen) atoms. The molecule has 0 radical (unpaired) electrons. The lowest BCUT2D eigenvalue weighted by molar-refractivity contribution is 0.173. The Morgan fingerprint density at radius 1 is 1.67 bits per heavy atom. The molecule has 0 bridgehead atoms. The second-order valence-electron chi connectivity index (χ2n) is 3.19. The molecule has 0 fully saturated rings. The molecule has 0 amide bonds. The Morgan fingerprint density at radius 3 is 3.13 bits per heavy atom. The van der Waals surface area contributed by atoms with Gasteiger partial charge in [0.25, 0.3) is 0 Å².